The highest BCUT2D eigenvalue weighted by atomic mass is 19.1. The molecule has 0 bridgehead atoms. The van der Waals surface area contributed by atoms with Gasteiger partial charge in [0, 0.05) is 17.3 Å². The van der Waals surface area contributed by atoms with Gasteiger partial charge in [-0.3, -0.25) is 9.20 Å². The summed E-state index contributed by atoms with van der Waals surface area (Å²) >= 11 is 0. The lowest BCUT2D eigenvalue weighted by Crippen LogP contribution is -2.22. The molecule has 5 rings (SSSR count). The molecule has 1 aromatic carbocycles. The molecule has 4 aromatic heterocycles. The molecular formula is C23H19F2N7O. The van der Waals surface area contributed by atoms with Gasteiger partial charge in [-0.2, -0.15) is 9.97 Å². The Morgan fingerprint density at radius 1 is 1.12 bits per heavy atom. The molecule has 0 aliphatic heterocycles. The van der Waals surface area contributed by atoms with Gasteiger partial charge >= 0.3 is 0 Å². The van der Waals surface area contributed by atoms with Gasteiger partial charge in [-0.15, -0.1) is 0 Å². The molecule has 0 saturated carbocycles. The largest absolute Gasteiger partial charge is 0.368 e. The lowest BCUT2D eigenvalue weighted by molar-refractivity contribution is 0.584. The molecule has 4 heterocycles. The summed E-state index contributed by atoms with van der Waals surface area (Å²) in [4.78, 5) is 29.0. The lowest BCUT2D eigenvalue weighted by atomic mass is 9.96. The van der Waals surface area contributed by atoms with Crippen molar-refractivity contribution in [3.8, 4) is 11.1 Å². The van der Waals surface area contributed by atoms with Crippen molar-refractivity contribution in [1.82, 2.24) is 24.3 Å². The summed E-state index contributed by atoms with van der Waals surface area (Å²) in [7, 11) is 0. The van der Waals surface area contributed by atoms with Gasteiger partial charge in [-0.1, -0.05) is 6.07 Å². The van der Waals surface area contributed by atoms with Gasteiger partial charge in [0.05, 0.1) is 17.9 Å². The van der Waals surface area contributed by atoms with Crippen molar-refractivity contribution in [2.75, 3.05) is 11.1 Å². The summed E-state index contributed by atoms with van der Waals surface area (Å²) in [6, 6.07) is 9.83. The number of benzene rings is 1. The standard InChI is InChI=1S/C23H19F2N7O/c1-11-4-3-5-16-9-17(12(2)29-21-19-20(28-10-27-19)30-23(26)31-21)18(22(33)32(11)16)13-6-14(24)8-15(25)7-13/h3-10,12H,1-2H3,(H4,26,27,28,29,30,31)/t12-/m1/s1. The van der Waals surface area contributed by atoms with E-state index in [1.807, 2.05) is 19.1 Å². The topological polar surface area (TPSA) is 114 Å². The molecular weight excluding hydrogens is 428 g/mol. The summed E-state index contributed by atoms with van der Waals surface area (Å²) in [6.07, 6.45) is 1.47. The van der Waals surface area contributed by atoms with Crippen LogP contribution in [0.2, 0.25) is 0 Å². The molecule has 0 unspecified atom stereocenters. The fraction of sp³-hybridized carbons (Fsp3) is 0.130. The molecule has 5 aromatic rings. The number of aryl methyl sites for hydroxylation is 1. The number of H-pyrrole nitrogens is 1. The Kier molecular flexibility index (Phi) is 4.77. The van der Waals surface area contributed by atoms with Gasteiger partial charge in [0.1, 0.15) is 17.2 Å². The molecule has 33 heavy (non-hydrogen) atoms. The second-order valence-corrected chi connectivity index (χ2v) is 7.76. The number of halogens is 2. The molecule has 0 fully saturated rings. The Morgan fingerprint density at radius 3 is 2.64 bits per heavy atom. The minimum absolute atomic E-state index is 0.0333. The Hall–Kier alpha value is -4.34. The first-order valence-corrected chi connectivity index (χ1v) is 10.2. The van der Waals surface area contributed by atoms with Crippen molar-refractivity contribution >= 4 is 28.4 Å². The van der Waals surface area contributed by atoms with Crippen molar-refractivity contribution in [3.05, 3.63) is 82.0 Å². The summed E-state index contributed by atoms with van der Waals surface area (Å²) in [5.41, 5.74) is 8.59. The van der Waals surface area contributed by atoms with Crippen LogP contribution in [0.25, 0.3) is 27.8 Å². The molecule has 0 aliphatic carbocycles. The predicted molar refractivity (Wildman–Crippen MR) is 122 cm³/mol. The average molecular weight is 447 g/mol. The van der Waals surface area contributed by atoms with Crippen LogP contribution in [-0.2, 0) is 0 Å². The molecule has 10 heteroatoms. The first-order chi connectivity index (χ1) is 15.8. The quantitative estimate of drug-likeness (QED) is 0.384. The number of anilines is 2. The van der Waals surface area contributed by atoms with Crippen molar-refractivity contribution in [1.29, 1.82) is 0 Å². The van der Waals surface area contributed by atoms with Crippen LogP contribution in [0.3, 0.4) is 0 Å². The number of imidazole rings is 1. The molecule has 166 valence electrons. The number of nitrogens with one attached hydrogen (secondary N) is 2. The number of nitrogen functional groups attached to an aromatic ring is 1. The minimum atomic E-state index is -0.770. The third kappa shape index (κ3) is 3.55. The fourth-order valence-electron chi connectivity index (χ4n) is 4.06. The van der Waals surface area contributed by atoms with Gasteiger partial charge in [0.25, 0.3) is 5.56 Å². The predicted octanol–water partition coefficient (Wildman–Crippen LogP) is 3.97. The van der Waals surface area contributed by atoms with Crippen molar-refractivity contribution in [2.45, 2.75) is 19.9 Å². The van der Waals surface area contributed by atoms with Crippen LogP contribution in [0.15, 0.2) is 53.6 Å². The van der Waals surface area contributed by atoms with E-state index in [0.717, 1.165) is 18.2 Å². The zero-order valence-corrected chi connectivity index (χ0v) is 17.7. The van der Waals surface area contributed by atoms with Gasteiger partial charge in [0.2, 0.25) is 5.95 Å². The van der Waals surface area contributed by atoms with E-state index in [0.29, 0.717) is 33.8 Å². The highest BCUT2D eigenvalue weighted by Crippen LogP contribution is 2.31. The number of fused-ring (bicyclic) bond motifs is 2. The second kappa shape index (κ2) is 7.66. The van der Waals surface area contributed by atoms with Gasteiger partial charge < -0.3 is 16.0 Å². The normalized spacial score (nSPS) is 12.4. The molecule has 0 saturated heterocycles. The Labute approximate surface area is 186 Å². The van der Waals surface area contributed by atoms with Crippen LogP contribution < -0.4 is 16.6 Å². The number of hydrogen-bond donors (Lipinski definition) is 3. The Balaban J connectivity index is 1.74. The number of hydrogen-bond acceptors (Lipinski definition) is 6. The van der Waals surface area contributed by atoms with Crippen LogP contribution in [-0.4, -0.2) is 24.3 Å². The van der Waals surface area contributed by atoms with Crippen LogP contribution in [0.1, 0.15) is 24.2 Å². The summed E-state index contributed by atoms with van der Waals surface area (Å²) < 4.78 is 29.7. The third-order valence-corrected chi connectivity index (χ3v) is 5.50. The summed E-state index contributed by atoms with van der Waals surface area (Å²) in [5.74, 6) is -1.11. The first-order valence-electron chi connectivity index (χ1n) is 10.2. The maximum absolute atomic E-state index is 14.1. The number of aromatic amines is 1. The lowest BCUT2D eigenvalue weighted by Gasteiger charge is -2.20. The molecule has 0 aliphatic rings. The number of nitrogens with zero attached hydrogens (tertiary/aromatic N) is 4. The number of pyridine rings is 2. The number of rotatable bonds is 4. The maximum Gasteiger partial charge on any atom is 0.263 e. The van der Waals surface area contributed by atoms with Crippen LogP contribution >= 0.6 is 0 Å². The van der Waals surface area contributed by atoms with E-state index in [1.165, 1.54) is 10.7 Å². The van der Waals surface area contributed by atoms with Gasteiger partial charge in [-0.05, 0) is 55.3 Å². The van der Waals surface area contributed by atoms with Crippen molar-refractivity contribution in [3.63, 3.8) is 0 Å². The minimum Gasteiger partial charge on any atom is -0.368 e. The van der Waals surface area contributed by atoms with E-state index < -0.39 is 17.7 Å². The highest BCUT2D eigenvalue weighted by molar-refractivity contribution is 5.84. The van der Waals surface area contributed by atoms with Crippen molar-refractivity contribution in [2.24, 2.45) is 0 Å². The molecule has 0 radical (unpaired) electrons. The van der Waals surface area contributed by atoms with E-state index >= 15 is 0 Å². The average Bonchev–Trinajstić information content (AvgIpc) is 3.21. The van der Waals surface area contributed by atoms with Gasteiger partial charge in [-0.25, -0.2) is 13.8 Å². The van der Waals surface area contributed by atoms with Crippen LogP contribution in [0.5, 0.6) is 0 Å². The van der Waals surface area contributed by atoms with Crippen LogP contribution in [0, 0.1) is 18.6 Å². The van der Waals surface area contributed by atoms with Gasteiger partial charge in [0.15, 0.2) is 11.5 Å². The zero-order valence-electron chi connectivity index (χ0n) is 17.7. The smallest absolute Gasteiger partial charge is 0.263 e. The molecule has 4 N–H and O–H groups in total. The van der Waals surface area contributed by atoms with Crippen LogP contribution in [0.4, 0.5) is 20.5 Å². The van der Waals surface area contributed by atoms with E-state index in [4.69, 9.17) is 5.73 Å². The zero-order chi connectivity index (χ0) is 23.3. The third-order valence-electron chi connectivity index (χ3n) is 5.50. The van der Waals surface area contributed by atoms with Crippen molar-refractivity contribution < 1.29 is 8.78 Å². The Morgan fingerprint density at radius 2 is 1.88 bits per heavy atom. The van der Waals surface area contributed by atoms with E-state index in [-0.39, 0.29) is 22.6 Å². The maximum atomic E-state index is 14.1. The number of nitrogens with two attached hydrogens (primary N) is 1. The monoisotopic (exact) mass is 447 g/mol. The first kappa shape index (κ1) is 20.6. The Bertz CT molecular complexity index is 1570. The van der Waals surface area contributed by atoms with E-state index in [9.17, 15) is 13.6 Å². The fourth-order valence-corrected chi connectivity index (χ4v) is 4.06. The highest BCUT2D eigenvalue weighted by Gasteiger charge is 2.21. The SMILES string of the molecule is Cc1cccc2cc([C@@H](C)Nc3nc(N)nc4nc[nH]c34)c(-c3cc(F)cc(F)c3)c(=O)n12. The second-order valence-electron chi connectivity index (χ2n) is 7.76. The summed E-state index contributed by atoms with van der Waals surface area (Å²) in [5, 5.41) is 3.24. The molecule has 8 nitrogen and oxygen atoms in total. The van der Waals surface area contributed by atoms with E-state index in [2.05, 4.69) is 25.3 Å². The number of aromatic nitrogens is 5. The molecule has 0 spiro atoms. The van der Waals surface area contributed by atoms with E-state index in [1.54, 1.807) is 19.1 Å². The summed E-state index contributed by atoms with van der Waals surface area (Å²) in [6.45, 7) is 3.62. The molecule has 1 atom stereocenters. The molecule has 0 amide bonds.